The zero-order valence-corrected chi connectivity index (χ0v) is 19.3. The Labute approximate surface area is 171 Å². The first-order chi connectivity index (χ1) is 10.9. The van der Waals surface area contributed by atoms with E-state index in [0.29, 0.717) is 0 Å². The van der Waals surface area contributed by atoms with Crippen LogP contribution in [0.5, 0.6) is 0 Å². The Hall–Kier alpha value is 0.120. The maximum atomic E-state index is 3.70. The third-order valence-electron chi connectivity index (χ3n) is 3.39. The maximum absolute atomic E-state index is 3.70. The summed E-state index contributed by atoms with van der Waals surface area (Å²) in [5.41, 5.74) is 2.32. The quantitative estimate of drug-likeness (QED) is 0.376. The van der Waals surface area contributed by atoms with E-state index in [1.165, 1.54) is 0 Å². The summed E-state index contributed by atoms with van der Waals surface area (Å²) in [6.07, 6.45) is 1.08. The van der Waals surface area contributed by atoms with Crippen molar-refractivity contribution >= 4 is 75.1 Å². The average molecular weight is 570 g/mol. The van der Waals surface area contributed by atoms with Gasteiger partial charge in [0.1, 0.15) is 0 Å². The molecule has 2 aromatic carbocycles. The standard InChI is InChI=1S/C17H18Br4N2/c1-22(2)8-3-9-23(16-6-4-12(18)10-14(16)20)17-7-5-13(19)11-15(17)21/h4-7,10-11H,3,8-9H2,1-2H3. The van der Waals surface area contributed by atoms with Crippen molar-refractivity contribution in [1.29, 1.82) is 0 Å². The van der Waals surface area contributed by atoms with Gasteiger partial charge in [-0.2, -0.15) is 0 Å². The van der Waals surface area contributed by atoms with Crippen LogP contribution in [-0.4, -0.2) is 32.1 Å². The fourth-order valence-electron chi connectivity index (χ4n) is 2.32. The topological polar surface area (TPSA) is 6.48 Å². The number of nitrogens with zero attached hydrogens (tertiary/aromatic N) is 2. The van der Waals surface area contributed by atoms with Gasteiger partial charge in [-0.15, -0.1) is 0 Å². The Kier molecular flexibility index (Phi) is 7.60. The lowest BCUT2D eigenvalue weighted by atomic mass is 10.2. The van der Waals surface area contributed by atoms with Crippen LogP contribution in [0.15, 0.2) is 54.3 Å². The molecule has 0 atom stereocenters. The van der Waals surface area contributed by atoms with Gasteiger partial charge in [0.15, 0.2) is 0 Å². The highest BCUT2D eigenvalue weighted by Gasteiger charge is 2.15. The molecule has 0 aliphatic carbocycles. The Morgan fingerprint density at radius 1 is 0.739 bits per heavy atom. The van der Waals surface area contributed by atoms with Gasteiger partial charge in [-0.05, 0) is 95.3 Å². The van der Waals surface area contributed by atoms with Crippen molar-refractivity contribution in [3.05, 3.63) is 54.3 Å². The number of benzene rings is 2. The summed E-state index contributed by atoms with van der Waals surface area (Å²) < 4.78 is 4.28. The summed E-state index contributed by atoms with van der Waals surface area (Å²) in [6, 6.07) is 12.6. The molecule has 0 saturated carbocycles. The summed E-state index contributed by atoms with van der Waals surface area (Å²) >= 11 is 14.4. The summed E-state index contributed by atoms with van der Waals surface area (Å²) in [7, 11) is 4.21. The minimum absolute atomic E-state index is 0.943. The Morgan fingerprint density at radius 3 is 1.61 bits per heavy atom. The van der Waals surface area contributed by atoms with Gasteiger partial charge in [0.2, 0.25) is 0 Å². The fourth-order valence-corrected chi connectivity index (χ4v) is 4.84. The maximum Gasteiger partial charge on any atom is 0.0556 e. The lowest BCUT2D eigenvalue weighted by Gasteiger charge is -2.28. The second-order valence-corrected chi connectivity index (χ2v) is 9.04. The van der Waals surface area contributed by atoms with Crippen molar-refractivity contribution < 1.29 is 0 Å². The van der Waals surface area contributed by atoms with Crippen molar-refractivity contribution in [2.45, 2.75) is 6.42 Å². The third-order valence-corrected chi connectivity index (χ3v) is 5.64. The summed E-state index contributed by atoms with van der Waals surface area (Å²) in [5, 5.41) is 0. The molecule has 2 nitrogen and oxygen atoms in total. The van der Waals surface area contributed by atoms with E-state index in [0.717, 1.165) is 48.8 Å². The lowest BCUT2D eigenvalue weighted by molar-refractivity contribution is 0.402. The van der Waals surface area contributed by atoms with E-state index in [9.17, 15) is 0 Å². The predicted octanol–water partition coefficient (Wildman–Crippen LogP) is 6.83. The van der Waals surface area contributed by atoms with E-state index in [4.69, 9.17) is 0 Å². The minimum atomic E-state index is 0.943. The number of rotatable bonds is 6. The van der Waals surface area contributed by atoms with Crippen LogP contribution in [0, 0.1) is 0 Å². The molecule has 0 amide bonds. The first kappa shape index (κ1) is 19.4. The van der Waals surface area contributed by atoms with Crippen LogP contribution in [0.3, 0.4) is 0 Å². The highest BCUT2D eigenvalue weighted by Crippen LogP contribution is 2.38. The second-order valence-electron chi connectivity index (χ2n) is 5.50. The molecule has 0 bridgehead atoms. The van der Waals surface area contributed by atoms with Gasteiger partial charge in [-0.1, -0.05) is 31.9 Å². The number of hydrogen-bond acceptors (Lipinski definition) is 2. The van der Waals surface area contributed by atoms with E-state index in [1.807, 2.05) is 0 Å². The van der Waals surface area contributed by atoms with Gasteiger partial charge in [-0.3, -0.25) is 0 Å². The molecule has 0 saturated heterocycles. The van der Waals surface area contributed by atoms with Crippen LogP contribution in [0.1, 0.15) is 6.42 Å². The molecule has 2 rings (SSSR count). The van der Waals surface area contributed by atoms with Gasteiger partial charge < -0.3 is 9.80 Å². The first-order valence-electron chi connectivity index (χ1n) is 7.21. The molecule has 0 aliphatic heterocycles. The van der Waals surface area contributed by atoms with E-state index in [-0.39, 0.29) is 0 Å². The number of anilines is 2. The van der Waals surface area contributed by atoms with Crippen molar-refractivity contribution in [2.24, 2.45) is 0 Å². The van der Waals surface area contributed by atoms with Crippen LogP contribution >= 0.6 is 63.7 Å². The molecule has 0 heterocycles. The predicted molar refractivity (Wildman–Crippen MR) is 114 cm³/mol. The van der Waals surface area contributed by atoms with E-state index in [1.54, 1.807) is 0 Å². The summed E-state index contributed by atoms with van der Waals surface area (Å²) in [4.78, 5) is 4.56. The third kappa shape index (κ3) is 5.56. The second kappa shape index (κ2) is 8.99. The Balaban J connectivity index is 2.38. The molecular weight excluding hydrogens is 552 g/mol. The van der Waals surface area contributed by atoms with Gasteiger partial charge in [0.25, 0.3) is 0 Å². The monoisotopic (exact) mass is 566 g/mol. The lowest BCUT2D eigenvalue weighted by Crippen LogP contribution is -2.23. The molecule has 23 heavy (non-hydrogen) atoms. The van der Waals surface area contributed by atoms with Crippen LogP contribution in [0.2, 0.25) is 0 Å². The van der Waals surface area contributed by atoms with E-state index >= 15 is 0 Å². The van der Waals surface area contributed by atoms with Crippen LogP contribution in [-0.2, 0) is 0 Å². The molecule has 0 aromatic heterocycles. The molecule has 124 valence electrons. The highest BCUT2D eigenvalue weighted by molar-refractivity contribution is 9.11. The fraction of sp³-hybridized carbons (Fsp3) is 0.294. The molecule has 0 fully saturated rings. The molecule has 6 heteroatoms. The average Bonchev–Trinajstić information content (AvgIpc) is 2.45. The SMILES string of the molecule is CN(C)CCCN(c1ccc(Br)cc1Br)c1ccc(Br)cc1Br. The van der Waals surface area contributed by atoms with Crippen LogP contribution < -0.4 is 4.90 Å². The van der Waals surface area contributed by atoms with Crippen molar-refractivity contribution in [1.82, 2.24) is 4.90 Å². The van der Waals surface area contributed by atoms with E-state index in [2.05, 4.69) is 124 Å². The first-order valence-corrected chi connectivity index (χ1v) is 10.4. The van der Waals surface area contributed by atoms with Gasteiger partial charge in [0, 0.05) is 24.4 Å². The normalized spacial score (nSPS) is 11.1. The van der Waals surface area contributed by atoms with Crippen molar-refractivity contribution in [3.63, 3.8) is 0 Å². The van der Waals surface area contributed by atoms with Crippen LogP contribution in [0.4, 0.5) is 11.4 Å². The molecule has 0 spiro atoms. The number of halogens is 4. The molecular formula is C17H18Br4N2. The molecule has 0 unspecified atom stereocenters. The van der Waals surface area contributed by atoms with Gasteiger partial charge in [-0.25, -0.2) is 0 Å². The summed E-state index contributed by atoms with van der Waals surface area (Å²) in [6.45, 7) is 2.00. The molecule has 0 radical (unpaired) electrons. The Morgan fingerprint density at radius 2 is 1.22 bits per heavy atom. The smallest absolute Gasteiger partial charge is 0.0556 e. The minimum Gasteiger partial charge on any atom is -0.340 e. The van der Waals surface area contributed by atoms with E-state index < -0.39 is 0 Å². The van der Waals surface area contributed by atoms with Crippen molar-refractivity contribution in [2.75, 3.05) is 32.1 Å². The van der Waals surface area contributed by atoms with Gasteiger partial charge in [0.05, 0.1) is 11.4 Å². The van der Waals surface area contributed by atoms with Gasteiger partial charge >= 0.3 is 0 Å². The molecule has 2 aromatic rings. The Bertz CT molecular complexity index is 622. The summed E-state index contributed by atoms with van der Waals surface area (Å²) in [5.74, 6) is 0. The molecule has 0 aliphatic rings. The zero-order valence-electron chi connectivity index (χ0n) is 13.0. The zero-order chi connectivity index (χ0) is 17.0. The highest BCUT2D eigenvalue weighted by atomic mass is 79.9. The van der Waals surface area contributed by atoms with Crippen molar-refractivity contribution in [3.8, 4) is 0 Å². The molecule has 0 N–H and O–H groups in total. The van der Waals surface area contributed by atoms with Crippen LogP contribution in [0.25, 0.3) is 0 Å². The number of hydrogen-bond donors (Lipinski definition) is 0. The largest absolute Gasteiger partial charge is 0.340 e.